The van der Waals surface area contributed by atoms with E-state index in [0.29, 0.717) is 12.6 Å². The molecular weight excluding hydrogens is 258 g/mol. The van der Waals surface area contributed by atoms with Crippen LogP contribution in [0.2, 0.25) is 0 Å². The van der Waals surface area contributed by atoms with E-state index in [0.717, 1.165) is 17.4 Å². The van der Waals surface area contributed by atoms with Crippen molar-refractivity contribution in [1.82, 2.24) is 5.32 Å². The van der Waals surface area contributed by atoms with Crippen LogP contribution in [0.25, 0.3) is 10.8 Å². The molecule has 2 aliphatic rings. The fourth-order valence-corrected chi connectivity index (χ4v) is 4.29. The van der Waals surface area contributed by atoms with Crippen molar-refractivity contribution in [3.63, 3.8) is 0 Å². The average Bonchev–Trinajstić information content (AvgIpc) is 3.15. The number of nitrogens with one attached hydrogen (secondary N) is 1. The Balaban J connectivity index is 1.42. The Bertz CT molecular complexity index is 638. The number of hydrogen-bond acceptors (Lipinski definition) is 2. The molecule has 2 aliphatic carbocycles. The molecule has 2 fully saturated rings. The van der Waals surface area contributed by atoms with Gasteiger partial charge in [-0.05, 0) is 53.5 Å². The van der Waals surface area contributed by atoms with Crippen LogP contribution < -0.4 is 5.32 Å². The third kappa shape index (κ3) is 2.58. The molecule has 21 heavy (non-hydrogen) atoms. The van der Waals surface area contributed by atoms with Gasteiger partial charge in [0, 0.05) is 12.6 Å². The summed E-state index contributed by atoms with van der Waals surface area (Å²) < 4.78 is 0. The maximum atomic E-state index is 10.4. The molecule has 0 aliphatic heterocycles. The average molecular weight is 281 g/mol. The van der Waals surface area contributed by atoms with E-state index in [-0.39, 0.29) is 0 Å². The monoisotopic (exact) mass is 281 g/mol. The lowest BCUT2D eigenvalue weighted by molar-refractivity contribution is 0.164. The Kier molecular flexibility index (Phi) is 3.44. The first-order valence-electron chi connectivity index (χ1n) is 8.20. The molecule has 0 spiro atoms. The van der Waals surface area contributed by atoms with Gasteiger partial charge in [0.1, 0.15) is 0 Å². The molecule has 110 valence electrons. The molecule has 0 amide bonds. The van der Waals surface area contributed by atoms with E-state index in [1.165, 1.54) is 36.5 Å². The fourth-order valence-electron chi connectivity index (χ4n) is 4.29. The first-order chi connectivity index (χ1) is 10.3. The van der Waals surface area contributed by atoms with E-state index in [1.807, 2.05) is 6.07 Å². The molecule has 0 heterocycles. The Morgan fingerprint density at radius 1 is 1.05 bits per heavy atom. The van der Waals surface area contributed by atoms with E-state index in [4.69, 9.17) is 0 Å². The van der Waals surface area contributed by atoms with Crippen molar-refractivity contribution in [3.05, 3.63) is 48.0 Å². The highest BCUT2D eigenvalue weighted by molar-refractivity contribution is 5.83. The van der Waals surface area contributed by atoms with Crippen LogP contribution in [0, 0.1) is 11.8 Å². The van der Waals surface area contributed by atoms with Gasteiger partial charge in [-0.2, -0.15) is 0 Å². The highest BCUT2D eigenvalue weighted by Gasteiger charge is 2.39. The third-order valence-electron chi connectivity index (χ3n) is 5.47. The van der Waals surface area contributed by atoms with Gasteiger partial charge in [-0.25, -0.2) is 0 Å². The molecule has 2 heteroatoms. The third-order valence-corrected chi connectivity index (χ3v) is 5.47. The Morgan fingerprint density at radius 2 is 1.90 bits per heavy atom. The number of aliphatic hydroxyl groups excluding tert-OH is 1. The Labute approximate surface area is 126 Å². The van der Waals surface area contributed by atoms with E-state index < -0.39 is 6.10 Å². The summed E-state index contributed by atoms with van der Waals surface area (Å²) in [7, 11) is 0. The molecule has 2 N–H and O–H groups in total. The molecular formula is C19H23NO. The minimum absolute atomic E-state index is 0.409. The lowest BCUT2D eigenvalue weighted by Crippen LogP contribution is -2.36. The van der Waals surface area contributed by atoms with Crippen molar-refractivity contribution >= 4 is 10.8 Å². The van der Waals surface area contributed by atoms with Crippen LogP contribution in [0.5, 0.6) is 0 Å². The molecule has 2 nitrogen and oxygen atoms in total. The van der Waals surface area contributed by atoms with Crippen LogP contribution in [0.4, 0.5) is 0 Å². The summed E-state index contributed by atoms with van der Waals surface area (Å²) in [6, 6.07) is 15.2. The largest absolute Gasteiger partial charge is 0.387 e. The number of rotatable bonds is 4. The van der Waals surface area contributed by atoms with Crippen molar-refractivity contribution in [3.8, 4) is 0 Å². The second-order valence-corrected chi connectivity index (χ2v) is 6.81. The molecule has 2 bridgehead atoms. The standard InChI is InChI=1S/C19H23NO/c21-19(12-20-18-10-13-5-6-16(18)9-13)17-8-7-14-3-1-2-4-15(14)11-17/h1-4,7-8,11,13,16,18-21H,5-6,9-10,12H2. The van der Waals surface area contributed by atoms with Crippen LogP contribution in [0.1, 0.15) is 37.4 Å². The van der Waals surface area contributed by atoms with Crippen LogP contribution in [0.3, 0.4) is 0 Å². The predicted octanol–water partition coefficient (Wildman–Crippen LogP) is 3.65. The molecule has 0 saturated heterocycles. The first kappa shape index (κ1) is 13.3. The fraction of sp³-hybridized carbons (Fsp3) is 0.474. The predicted molar refractivity (Wildman–Crippen MR) is 86.1 cm³/mol. The van der Waals surface area contributed by atoms with Gasteiger partial charge in [-0.1, -0.05) is 42.8 Å². The number of fused-ring (bicyclic) bond motifs is 3. The molecule has 4 atom stereocenters. The maximum absolute atomic E-state index is 10.4. The number of hydrogen-bond donors (Lipinski definition) is 2. The first-order valence-corrected chi connectivity index (χ1v) is 8.20. The van der Waals surface area contributed by atoms with Crippen molar-refractivity contribution in [2.24, 2.45) is 11.8 Å². The highest BCUT2D eigenvalue weighted by Crippen LogP contribution is 2.44. The second-order valence-electron chi connectivity index (χ2n) is 6.81. The summed E-state index contributed by atoms with van der Waals surface area (Å²) in [4.78, 5) is 0. The summed E-state index contributed by atoms with van der Waals surface area (Å²) in [5.74, 6) is 1.81. The van der Waals surface area contributed by atoms with Crippen LogP contribution in [0.15, 0.2) is 42.5 Å². The minimum Gasteiger partial charge on any atom is -0.387 e. The summed E-state index contributed by atoms with van der Waals surface area (Å²) >= 11 is 0. The summed E-state index contributed by atoms with van der Waals surface area (Å²) in [5.41, 5.74) is 1.02. The lowest BCUT2D eigenvalue weighted by Gasteiger charge is -2.24. The van der Waals surface area contributed by atoms with E-state index in [9.17, 15) is 5.11 Å². The molecule has 0 aromatic heterocycles. The van der Waals surface area contributed by atoms with Gasteiger partial charge >= 0.3 is 0 Å². The topological polar surface area (TPSA) is 32.3 Å². The minimum atomic E-state index is -0.409. The highest BCUT2D eigenvalue weighted by atomic mass is 16.3. The van der Waals surface area contributed by atoms with Crippen LogP contribution in [-0.4, -0.2) is 17.7 Å². The van der Waals surface area contributed by atoms with Crippen LogP contribution >= 0.6 is 0 Å². The van der Waals surface area contributed by atoms with Crippen molar-refractivity contribution in [2.45, 2.75) is 37.8 Å². The summed E-state index contributed by atoms with van der Waals surface area (Å²) in [6.07, 6.45) is 5.12. The molecule has 4 unspecified atom stereocenters. The lowest BCUT2D eigenvalue weighted by atomic mass is 9.95. The zero-order valence-corrected chi connectivity index (χ0v) is 12.3. The van der Waals surface area contributed by atoms with E-state index in [1.54, 1.807) is 0 Å². The van der Waals surface area contributed by atoms with E-state index >= 15 is 0 Å². The maximum Gasteiger partial charge on any atom is 0.0914 e. The molecule has 2 aromatic rings. The SMILES string of the molecule is OC(CNC1CC2CCC1C2)c1ccc2ccccc2c1. The molecule has 2 aromatic carbocycles. The Hall–Kier alpha value is -1.38. The summed E-state index contributed by atoms with van der Waals surface area (Å²) in [6.45, 7) is 0.673. The summed E-state index contributed by atoms with van der Waals surface area (Å²) in [5, 5.41) is 16.5. The smallest absolute Gasteiger partial charge is 0.0914 e. The zero-order valence-electron chi connectivity index (χ0n) is 12.3. The molecule has 0 radical (unpaired) electrons. The normalized spacial score (nSPS) is 29.1. The Morgan fingerprint density at radius 3 is 2.67 bits per heavy atom. The quantitative estimate of drug-likeness (QED) is 0.896. The zero-order chi connectivity index (χ0) is 14.2. The molecule has 2 saturated carbocycles. The van der Waals surface area contributed by atoms with Gasteiger partial charge in [-0.15, -0.1) is 0 Å². The van der Waals surface area contributed by atoms with Crippen molar-refractivity contribution in [1.29, 1.82) is 0 Å². The van der Waals surface area contributed by atoms with Gasteiger partial charge in [0.25, 0.3) is 0 Å². The van der Waals surface area contributed by atoms with Gasteiger partial charge in [0.15, 0.2) is 0 Å². The van der Waals surface area contributed by atoms with E-state index in [2.05, 4.69) is 41.7 Å². The van der Waals surface area contributed by atoms with Gasteiger partial charge in [-0.3, -0.25) is 0 Å². The van der Waals surface area contributed by atoms with Gasteiger partial charge in [0.05, 0.1) is 6.10 Å². The molecule has 4 rings (SSSR count). The van der Waals surface area contributed by atoms with Gasteiger partial charge in [0.2, 0.25) is 0 Å². The van der Waals surface area contributed by atoms with Gasteiger partial charge < -0.3 is 10.4 Å². The number of aliphatic hydroxyl groups is 1. The van der Waals surface area contributed by atoms with Crippen molar-refractivity contribution < 1.29 is 5.11 Å². The number of benzene rings is 2. The van der Waals surface area contributed by atoms with Crippen LogP contribution in [-0.2, 0) is 0 Å². The van der Waals surface area contributed by atoms with Crippen molar-refractivity contribution in [2.75, 3.05) is 6.54 Å². The second kappa shape index (κ2) is 5.43.